The maximum atomic E-state index is 15.2. The van der Waals surface area contributed by atoms with Crippen LogP contribution >= 0.6 is 9.24 Å². The van der Waals surface area contributed by atoms with Gasteiger partial charge < -0.3 is 30.3 Å². The maximum Gasteiger partial charge on any atom is 0.414 e. The highest BCUT2D eigenvalue weighted by atomic mass is 31.0. The monoisotopic (exact) mass is 569 g/mol. The summed E-state index contributed by atoms with van der Waals surface area (Å²) in [6.45, 7) is 3.75. The van der Waals surface area contributed by atoms with Crippen LogP contribution in [0.4, 0.5) is 20.6 Å². The van der Waals surface area contributed by atoms with E-state index < -0.39 is 6.09 Å². The molecule has 11 nitrogen and oxygen atoms in total. The molecule has 0 aromatic heterocycles. The molecule has 2 unspecified atom stereocenters. The van der Waals surface area contributed by atoms with Gasteiger partial charge in [-0.2, -0.15) is 0 Å². The number of halogens is 1. The summed E-state index contributed by atoms with van der Waals surface area (Å²) >= 11 is 0. The zero-order chi connectivity index (χ0) is 28.8. The van der Waals surface area contributed by atoms with Crippen molar-refractivity contribution in [2.24, 2.45) is 11.7 Å². The number of nitrogens with zero attached hydrogens (tertiary/aromatic N) is 3. The van der Waals surface area contributed by atoms with Crippen molar-refractivity contribution in [2.75, 3.05) is 63.2 Å². The van der Waals surface area contributed by atoms with Crippen LogP contribution in [0.15, 0.2) is 12.1 Å². The predicted molar refractivity (Wildman–Crippen MR) is 151 cm³/mol. The molecule has 2 heterocycles. The Balaban J connectivity index is 0.000000686. The minimum atomic E-state index is -0.452. The normalized spacial score (nSPS) is 19.2. The van der Waals surface area contributed by atoms with E-state index in [4.69, 9.17) is 14.3 Å². The number of ether oxygens (including phenoxy) is 2. The van der Waals surface area contributed by atoms with Gasteiger partial charge in [-0.05, 0) is 43.2 Å². The van der Waals surface area contributed by atoms with Crippen molar-refractivity contribution in [3.8, 4) is 0 Å². The third-order valence-electron chi connectivity index (χ3n) is 6.93. The zero-order valence-electron chi connectivity index (χ0n) is 22.8. The van der Waals surface area contributed by atoms with E-state index >= 15 is 4.39 Å². The molecule has 4 rings (SSSR count). The molecule has 13 heteroatoms. The number of rotatable bonds is 7. The second-order valence-electron chi connectivity index (χ2n) is 9.58. The number of carbonyl (C=O) groups excluding carboxylic acids is 4. The Morgan fingerprint density at radius 1 is 1.21 bits per heavy atom. The van der Waals surface area contributed by atoms with E-state index in [1.807, 2.05) is 15.9 Å². The van der Waals surface area contributed by atoms with E-state index in [2.05, 4.69) is 25.0 Å². The molecule has 3 aliphatic rings. The minimum Gasteiger partial charge on any atom is -0.471 e. The Bertz CT molecular complexity index is 934. The summed E-state index contributed by atoms with van der Waals surface area (Å²) in [5.41, 5.74) is 5.19. The maximum absolute atomic E-state index is 15.2. The first kappa shape index (κ1) is 32.2. The van der Waals surface area contributed by atoms with Gasteiger partial charge in [-0.1, -0.05) is 19.3 Å². The highest BCUT2D eigenvalue weighted by Gasteiger charge is 2.33. The first-order chi connectivity index (χ1) is 18.8. The number of carbonyl (C=O) groups is 4. The number of nitrogens with one attached hydrogen (secondary N) is 1. The topological polar surface area (TPSA) is 135 Å². The Hall–Kier alpha value is -2.98. The minimum absolute atomic E-state index is 0.238. The van der Waals surface area contributed by atoms with Crippen LogP contribution in [0.5, 0.6) is 0 Å². The number of hydrogen-bond donors (Lipinski definition) is 2. The summed E-state index contributed by atoms with van der Waals surface area (Å²) in [4.78, 5) is 47.9. The lowest BCUT2D eigenvalue weighted by Gasteiger charge is -2.37. The molecule has 2 aliphatic heterocycles. The van der Waals surface area contributed by atoms with Crippen molar-refractivity contribution >= 4 is 50.8 Å². The second kappa shape index (κ2) is 16.9. The van der Waals surface area contributed by atoms with Crippen molar-refractivity contribution in [1.29, 1.82) is 0 Å². The predicted octanol–water partition coefficient (Wildman–Crippen LogP) is 1.38. The van der Waals surface area contributed by atoms with Crippen LogP contribution < -0.4 is 26.2 Å². The molecule has 0 radical (unpaired) electrons. The Morgan fingerprint density at radius 3 is 2.36 bits per heavy atom. The van der Waals surface area contributed by atoms with E-state index in [1.165, 1.54) is 50.2 Å². The van der Waals surface area contributed by atoms with E-state index in [9.17, 15) is 9.59 Å². The van der Waals surface area contributed by atoms with Gasteiger partial charge in [-0.25, -0.2) is 9.18 Å². The lowest BCUT2D eigenvalue weighted by molar-refractivity contribution is -0.132. The SMILES string of the molecule is CNCC1CN(c2cc(F)c(N3CCN(C(=O)CC4CCCCC4)CC3)c(P)c2)C(=O)O1.COC=O.NC=O. The molecule has 3 amide bonds. The number of nitrogens with two attached hydrogens (primary N) is 1. The number of anilines is 2. The molecule has 1 aromatic rings. The van der Waals surface area contributed by atoms with E-state index in [1.54, 1.807) is 7.05 Å². The van der Waals surface area contributed by atoms with E-state index in [0.717, 1.165) is 0 Å². The molecule has 218 valence electrons. The summed E-state index contributed by atoms with van der Waals surface area (Å²) in [5.74, 6) is 0.407. The molecule has 1 saturated carbocycles. The Labute approximate surface area is 231 Å². The van der Waals surface area contributed by atoms with Crippen LogP contribution in [-0.2, 0) is 23.9 Å². The summed E-state index contributed by atoms with van der Waals surface area (Å²) < 4.78 is 24.4. The van der Waals surface area contributed by atoms with Crippen LogP contribution in [0.1, 0.15) is 38.5 Å². The average Bonchev–Trinajstić information content (AvgIpc) is 3.30. The lowest BCUT2D eigenvalue weighted by atomic mass is 9.86. The number of benzene rings is 1. The zero-order valence-corrected chi connectivity index (χ0v) is 23.9. The number of cyclic esters (lactones) is 1. The molecule has 39 heavy (non-hydrogen) atoms. The van der Waals surface area contributed by atoms with Gasteiger partial charge in [-0.3, -0.25) is 19.3 Å². The largest absolute Gasteiger partial charge is 0.471 e. The number of amides is 3. The fraction of sp³-hybridized carbons (Fsp3) is 0.615. The molecule has 3 fully saturated rings. The standard InChI is InChI=1S/C23H34FN4O3P.C2H4O2.CH3NO/c1-25-14-18-15-28(23(30)31-18)17-12-19(24)22(20(32)13-17)27-9-7-26(8-10-27)21(29)11-16-5-3-2-4-6-16;1-4-2-3;2-1-3/h12-13,16,18,25H,2-11,14-15,32H2,1H3;2H,1H3;1H,(H2,2,3). The molecular weight excluding hydrogens is 528 g/mol. The smallest absolute Gasteiger partial charge is 0.414 e. The number of piperazine rings is 1. The van der Waals surface area contributed by atoms with Gasteiger partial charge >= 0.3 is 6.09 Å². The van der Waals surface area contributed by atoms with Gasteiger partial charge in [0.05, 0.1) is 25.0 Å². The fourth-order valence-corrected chi connectivity index (χ4v) is 5.60. The highest BCUT2D eigenvalue weighted by molar-refractivity contribution is 7.28. The summed E-state index contributed by atoms with van der Waals surface area (Å²) in [6.07, 6.45) is 6.31. The first-order valence-corrected chi connectivity index (χ1v) is 13.7. The van der Waals surface area contributed by atoms with Crippen LogP contribution in [0.25, 0.3) is 0 Å². The number of likely N-dealkylation sites (N-methyl/N-ethyl adjacent to an activating group) is 1. The van der Waals surface area contributed by atoms with Crippen LogP contribution in [-0.4, -0.2) is 89.3 Å². The van der Waals surface area contributed by atoms with Crippen molar-refractivity contribution in [1.82, 2.24) is 10.2 Å². The number of hydrogen-bond acceptors (Lipinski definition) is 8. The summed E-state index contributed by atoms with van der Waals surface area (Å²) in [7, 11) is 5.71. The lowest BCUT2D eigenvalue weighted by Crippen LogP contribution is -2.50. The molecule has 0 spiro atoms. The van der Waals surface area contributed by atoms with Gasteiger partial charge in [0.1, 0.15) is 11.9 Å². The fourth-order valence-electron chi connectivity index (χ4n) is 5.11. The van der Waals surface area contributed by atoms with Gasteiger partial charge in [0.25, 0.3) is 6.47 Å². The molecule has 2 atom stereocenters. The first-order valence-electron chi connectivity index (χ1n) is 13.2. The van der Waals surface area contributed by atoms with Crippen LogP contribution in [0.3, 0.4) is 0 Å². The van der Waals surface area contributed by atoms with Crippen LogP contribution in [0.2, 0.25) is 0 Å². The van der Waals surface area contributed by atoms with Crippen molar-refractivity contribution in [3.05, 3.63) is 17.9 Å². The van der Waals surface area contributed by atoms with Gasteiger partial charge in [-0.15, -0.1) is 9.24 Å². The highest BCUT2D eigenvalue weighted by Crippen LogP contribution is 2.30. The van der Waals surface area contributed by atoms with Crippen molar-refractivity contribution in [3.63, 3.8) is 0 Å². The number of methoxy groups -OCH3 is 1. The Kier molecular flexibility index (Phi) is 13.9. The van der Waals surface area contributed by atoms with Gasteiger partial charge in [0.2, 0.25) is 12.3 Å². The molecule has 1 aromatic carbocycles. The third-order valence-corrected chi connectivity index (χ3v) is 7.37. The molecule has 3 N–H and O–H groups in total. The average molecular weight is 570 g/mol. The van der Waals surface area contributed by atoms with Gasteiger partial charge in [0.15, 0.2) is 0 Å². The molecular formula is C26H41FN5O6P. The molecule has 2 saturated heterocycles. The molecule has 1 aliphatic carbocycles. The van der Waals surface area contributed by atoms with E-state index in [0.29, 0.717) is 74.8 Å². The quantitative estimate of drug-likeness (QED) is 0.372. The van der Waals surface area contributed by atoms with Crippen molar-refractivity contribution < 1.29 is 33.0 Å². The van der Waals surface area contributed by atoms with Crippen LogP contribution in [0, 0.1) is 11.7 Å². The van der Waals surface area contributed by atoms with Crippen molar-refractivity contribution in [2.45, 2.75) is 44.6 Å². The Morgan fingerprint density at radius 2 is 1.82 bits per heavy atom. The third kappa shape index (κ3) is 9.61. The summed E-state index contributed by atoms with van der Waals surface area (Å²) in [5, 5.41) is 3.70. The molecule has 0 bridgehead atoms. The van der Waals surface area contributed by atoms with E-state index in [-0.39, 0.29) is 24.2 Å². The second-order valence-corrected chi connectivity index (χ2v) is 10.2. The van der Waals surface area contributed by atoms with Gasteiger partial charge in [0, 0.05) is 39.1 Å². The summed E-state index contributed by atoms with van der Waals surface area (Å²) in [6, 6.07) is 3.22. The number of primary amides is 1.